The molecule has 0 unspecified atom stereocenters. The lowest BCUT2D eigenvalue weighted by molar-refractivity contribution is 0.163. The van der Waals surface area contributed by atoms with E-state index in [1.165, 1.54) is 0 Å². The molecule has 1 aliphatic rings. The Kier molecular flexibility index (Phi) is 5.61. The minimum Gasteiger partial charge on any atom is -0.304 e. The van der Waals surface area contributed by atoms with Crippen LogP contribution in [0.4, 0.5) is 0 Å². The van der Waals surface area contributed by atoms with E-state index >= 15 is 0 Å². The van der Waals surface area contributed by atoms with E-state index in [1.807, 2.05) is 24.3 Å². The number of hydrogen-bond donors (Lipinski definition) is 1. The summed E-state index contributed by atoms with van der Waals surface area (Å²) in [6.07, 6.45) is 17.1. The Labute approximate surface area is 112 Å². The van der Waals surface area contributed by atoms with Crippen LogP contribution in [0, 0.1) is 6.42 Å². The van der Waals surface area contributed by atoms with Crippen molar-refractivity contribution < 1.29 is 0 Å². The first-order valence-corrected chi connectivity index (χ1v) is 6.59. The fraction of sp³-hybridized carbons (Fsp3) is 0.471. The lowest BCUT2D eigenvalue weighted by Gasteiger charge is -2.49. The summed E-state index contributed by atoms with van der Waals surface area (Å²) >= 11 is 0. The van der Waals surface area contributed by atoms with Gasteiger partial charge in [-0.05, 0) is 44.9 Å². The van der Waals surface area contributed by atoms with Gasteiger partial charge >= 0.3 is 0 Å². The van der Waals surface area contributed by atoms with Gasteiger partial charge < -0.3 is 5.32 Å². The van der Waals surface area contributed by atoms with E-state index in [2.05, 4.69) is 38.1 Å². The molecule has 0 amide bonds. The fourth-order valence-corrected chi connectivity index (χ4v) is 2.96. The predicted octanol–water partition coefficient (Wildman–Crippen LogP) is 4.23. The van der Waals surface area contributed by atoms with Gasteiger partial charge in [-0.25, -0.2) is 0 Å². The highest BCUT2D eigenvalue weighted by Gasteiger charge is 2.41. The molecule has 1 saturated heterocycles. The van der Waals surface area contributed by atoms with E-state index in [-0.39, 0.29) is 11.1 Å². The molecule has 0 aromatic rings. The summed E-state index contributed by atoms with van der Waals surface area (Å²) in [5, 5.41) is 3.84. The molecule has 0 spiro atoms. The molecule has 1 heterocycles. The monoisotopic (exact) mass is 243 g/mol. The van der Waals surface area contributed by atoms with Crippen molar-refractivity contribution in [2.24, 2.45) is 0 Å². The van der Waals surface area contributed by atoms with E-state index in [1.54, 1.807) is 0 Å². The molecule has 0 aromatic heterocycles. The summed E-state index contributed by atoms with van der Waals surface area (Å²) in [7, 11) is 0. The number of rotatable bonds is 8. The SMILES string of the molecule is C=CCC1(CC=C)C[C]CC(CC=C)(CC=C)N1. The van der Waals surface area contributed by atoms with Crippen molar-refractivity contribution in [3.8, 4) is 0 Å². The lowest BCUT2D eigenvalue weighted by Crippen LogP contribution is -2.60. The Balaban J connectivity index is 2.93. The molecule has 0 aliphatic carbocycles. The van der Waals surface area contributed by atoms with E-state index in [0.717, 1.165) is 38.5 Å². The molecule has 1 fully saturated rings. The van der Waals surface area contributed by atoms with Crippen LogP contribution in [0.1, 0.15) is 38.5 Å². The van der Waals surface area contributed by atoms with Crippen LogP contribution in [-0.2, 0) is 0 Å². The molecule has 0 bridgehead atoms. The van der Waals surface area contributed by atoms with Crippen molar-refractivity contribution >= 4 is 0 Å². The summed E-state index contributed by atoms with van der Waals surface area (Å²) in [6, 6.07) is 0. The number of nitrogens with one attached hydrogen (secondary N) is 1. The largest absolute Gasteiger partial charge is 0.304 e. The van der Waals surface area contributed by atoms with Crippen molar-refractivity contribution in [3.63, 3.8) is 0 Å². The quantitative estimate of drug-likeness (QED) is 0.629. The molecule has 1 N–H and O–H groups in total. The standard InChI is InChI=1S/C17H25N/c1-5-10-16(11-6-2)14-9-15-17(18-16,12-7-3)13-8-4/h5-8,18H,1-4,10-15H2. The maximum Gasteiger partial charge on any atom is 0.0261 e. The summed E-state index contributed by atoms with van der Waals surface area (Å²) in [5.41, 5.74) is 0.0432. The molecular formula is C17H25N. The molecule has 0 aromatic carbocycles. The normalized spacial score (nSPS) is 20.9. The van der Waals surface area contributed by atoms with Crippen LogP contribution in [0.5, 0.6) is 0 Å². The number of piperidine rings is 1. The first kappa shape index (κ1) is 15.0. The third-order valence-electron chi connectivity index (χ3n) is 3.60. The zero-order chi connectivity index (χ0) is 13.5. The Morgan fingerprint density at radius 2 is 1.11 bits per heavy atom. The van der Waals surface area contributed by atoms with Gasteiger partial charge in [-0.15, -0.1) is 26.3 Å². The summed E-state index contributed by atoms with van der Waals surface area (Å²) in [5.74, 6) is 0. The highest BCUT2D eigenvalue weighted by molar-refractivity contribution is 5.14. The van der Waals surface area contributed by atoms with Gasteiger partial charge in [0.05, 0.1) is 0 Å². The average Bonchev–Trinajstić information content (AvgIpc) is 2.30. The topological polar surface area (TPSA) is 12.0 Å². The molecule has 1 rings (SSSR count). The molecule has 2 radical (unpaired) electrons. The summed E-state index contributed by atoms with van der Waals surface area (Å²) < 4.78 is 0. The molecule has 98 valence electrons. The highest BCUT2D eigenvalue weighted by atomic mass is 15.1. The Morgan fingerprint density at radius 3 is 1.39 bits per heavy atom. The molecule has 1 nitrogen and oxygen atoms in total. The Morgan fingerprint density at radius 1 is 0.778 bits per heavy atom. The second-order valence-corrected chi connectivity index (χ2v) is 5.26. The zero-order valence-corrected chi connectivity index (χ0v) is 11.4. The van der Waals surface area contributed by atoms with Gasteiger partial charge in [-0.1, -0.05) is 24.3 Å². The van der Waals surface area contributed by atoms with Gasteiger partial charge in [-0.2, -0.15) is 0 Å². The predicted molar refractivity (Wildman–Crippen MR) is 80.3 cm³/mol. The first-order chi connectivity index (χ1) is 8.66. The minimum atomic E-state index is 0.0216. The Hall–Kier alpha value is -1.08. The molecule has 1 heteroatoms. The van der Waals surface area contributed by atoms with Gasteiger partial charge in [0.2, 0.25) is 0 Å². The van der Waals surface area contributed by atoms with Gasteiger partial charge in [0.1, 0.15) is 0 Å². The van der Waals surface area contributed by atoms with Crippen LogP contribution in [0.25, 0.3) is 0 Å². The van der Waals surface area contributed by atoms with E-state index < -0.39 is 0 Å². The summed E-state index contributed by atoms with van der Waals surface area (Å²) in [6.45, 7) is 15.5. The lowest BCUT2D eigenvalue weighted by atomic mass is 9.73. The molecule has 0 atom stereocenters. The van der Waals surface area contributed by atoms with Crippen LogP contribution in [0.15, 0.2) is 50.6 Å². The van der Waals surface area contributed by atoms with Crippen molar-refractivity contribution in [3.05, 3.63) is 57.0 Å². The van der Waals surface area contributed by atoms with Crippen LogP contribution in [-0.4, -0.2) is 11.1 Å². The van der Waals surface area contributed by atoms with E-state index in [0.29, 0.717) is 0 Å². The molecule has 0 saturated carbocycles. The van der Waals surface area contributed by atoms with Crippen molar-refractivity contribution in [1.29, 1.82) is 0 Å². The zero-order valence-electron chi connectivity index (χ0n) is 11.4. The van der Waals surface area contributed by atoms with Crippen molar-refractivity contribution in [2.75, 3.05) is 0 Å². The number of hydrogen-bond acceptors (Lipinski definition) is 1. The Bertz CT molecular complexity index is 264. The maximum absolute atomic E-state index is 3.88. The second-order valence-electron chi connectivity index (χ2n) is 5.26. The van der Waals surface area contributed by atoms with Crippen LogP contribution in [0.2, 0.25) is 0 Å². The smallest absolute Gasteiger partial charge is 0.0261 e. The highest BCUT2D eigenvalue weighted by Crippen LogP contribution is 2.37. The van der Waals surface area contributed by atoms with Gasteiger partial charge in [0.15, 0.2) is 0 Å². The van der Waals surface area contributed by atoms with Gasteiger partial charge in [-0.3, -0.25) is 0 Å². The summed E-state index contributed by atoms with van der Waals surface area (Å²) in [4.78, 5) is 0. The molecular weight excluding hydrogens is 218 g/mol. The van der Waals surface area contributed by atoms with E-state index in [4.69, 9.17) is 0 Å². The second kappa shape index (κ2) is 6.75. The van der Waals surface area contributed by atoms with E-state index in [9.17, 15) is 0 Å². The van der Waals surface area contributed by atoms with Crippen molar-refractivity contribution in [1.82, 2.24) is 5.32 Å². The fourth-order valence-electron chi connectivity index (χ4n) is 2.96. The van der Waals surface area contributed by atoms with Crippen LogP contribution >= 0.6 is 0 Å². The third kappa shape index (κ3) is 3.46. The maximum atomic E-state index is 3.88. The molecule has 1 aliphatic heterocycles. The third-order valence-corrected chi connectivity index (χ3v) is 3.60. The van der Waals surface area contributed by atoms with Gasteiger partial charge in [0, 0.05) is 11.1 Å². The average molecular weight is 243 g/mol. The first-order valence-electron chi connectivity index (χ1n) is 6.59. The van der Waals surface area contributed by atoms with Crippen LogP contribution < -0.4 is 5.32 Å². The minimum absolute atomic E-state index is 0.0216. The van der Waals surface area contributed by atoms with Crippen molar-refractivity contribution in [2.45, 2.75) is 49.6 Å². The van der Waals surface area contributed by atoms with Gasteiger partial charge in [0.25, 0.3) is 0 Å². The molecule has 18 heavy (non-hydrogen) atoms. The van der Waals surface area contributed by atoms with Crippen LogP contribution in [0.3, 0.4) is 0 Å².